The van der Waals surface area contributed by atoms with Gasteiger partial charge in [0.05, 0.1) is 24.0 Å². The van der Waals surface area contributed by atoms with Crippen molar-refractivity contribution in [3.8, 4) is 6.07 Å². The van der Waals surface area contributed by atoms with Crippen LogP contribution in [0.1, 0.15) is 60.9 Å². The number of aryl methyl sites for hydroxylation is 1. The molecule has 0 aliphatic carbocycles. The molecule has 1 unspecified atom stereocenters. The van der Waals surface area contributed by atoms with Gasteiger partial charge >= 0.3 is 5.97 Å². The van der Waals surface area contributed by atoms with Crippen molar-refractivity contribution in [3.05, 3.63) is 67.3 Å². The number of pyridine rings is 1. The van der Waals surface area contributed by atoms with Gasteiger partial charge in [0.2, 0.25) is 0 Å². The topological polar surface area (TPSA) is 95.6 Å². The minimum atomic E-state index is -0.362. The number of nitriles is 1. The molecule has 0 radical (unpaired) electrons. The summed E-state index contributed by atoms with van der Waals surface area (Å²) < 4.78 is 7.38. The van der Waals surface area contributed by atoms with Gasteiger partial charge in [0.25, 0.3) is 11.5 Å². The Labute approximate surface area is 244 Å². The van der Waals surface area contributed by atoms with Gasteiger partial charge in [0.15, 0.2) is 0 Å². The van der Waals surface area contributed by atoms with E-state index in [1.807, 2.05) is 43.0 Å². The first-order valence-corrected chi connectivity index (χ1v) is 14.8. The molecule has 0 bridgehead atoms. The van der Waals surface area contributed by atoms with Crippen LogP contribution in [0.3, 0.4) is 0 Å². The smallest absolute Gasteiger partial charge is 0.310 e. The monoisotopic (exact) mass is 578 g/mol. The average molecular weight is 579 g/mol. The maximum absolute atomic E-state index is 13.6. The van der Waals surface area contributed by atoms with Gasteiger partial charge in [-0.2, -0.15) is 5.26 Å². The Morgan fingerprint density at radius 1 is 1.23 bits per heavy atom. The van der Waals surface area contributed by atoms with Crippen molar-refractivity contribution in [2.75, 3.05) is 24.6 Å². The quantitative estimate of drug-likeness (QED) is 0.247. The van der Waals surface area contributed by atoms with Gasteiger partial charge in [-0.25, -0.2) is 0 Å². The molecule has 1 aromatic carbocycles. The third-order valence-corrected chi connectivity index (χ3v) is 8.62. The predicted molar refractivity (Wildman–Crippen MR) is 162 cm³/mol. The number of hydrogen-bond acceptors (Lipinski definition) is 8. The van der Waals surface area contributed by atoms with Crippen molar-refractivity contribution in [3.63, 3.8) is 0 Å². The van der Waals surface area contributed by atoms with E-state index in [4.69, 9.17) is 17.0 Å². The molecule has 40 heavy (non-hydrogen) atoms. The summed E-state index contributed by atoms with van der Waals surface area (Å²) in [4.78, 5) is 43.7. The molecule has 210 valence electrons. The van der Waals surface area contributed by atoms with Crippen LogP contribution < -0.4 is 10.5 Å². The summed E-state index contributed by atoms with van der Waals surface area (Å²) in [7, 11) is 0. The first-order chi connectivity index (χ1) is 19.2. The van der Waals surface area contributed by atoms with Gasteiger partial charge in [-0.1, -0.05) is 60.7 Å². The Balaban J connectivity index is 1.80. The Hall–Kier alpha value is -3.42. The number of nitrogens with zero attached hydrogens (tertiary/aromatic N) is 4. The van der Waals surface area contributed by atoms with Gasteiger partial charge in [-0.3, -0.25) is 23.9 Å². The van der Waals surface area contributed by atoms with Crippen molar-refractivity contribution in [1.82, 2.24) is 9.47 Å². The maximum atomic E-state index is 13.6. The largest absolute Gasteiger partial charge is 0.466 e. The Morgan fingerprint density at radius 3 is 2.60 bits per heavy atom. The summed E-state index contributed by atoms with van der Waals surface area (Å²) in [5.74, 6) is -0.159. The van der Waals surface area contributed by atoms with Crippen LogP contribution in [-0.4, -0.2) is 45.4 Å². The molecule has 8 nitrogen and oxygen atoms in total. The van der Waals surface area contributed by atoms with Crippen molar-refractivity contribution >= 4 is 52.1 Å². The molecule has 2 fully saturated rings. The molecule has 4 rings (SSSR count). The minimum Gasteiger partial charge on any atom is -0.466 e. The van der Waals surface area contributed by atoms with Gasteiger partial charge < -0.3 is 9.64 Å². The fraction of sp³-hybridized carbons (Fsp3) is 0.433. The Morgan fingerprint density at radius 2 is 1.95 bits per heavy atom. The number of amides is 1. The zero-order chi connectivity index (χ0) is 29.0. The van der Waals surface area contributed by atoms with E-state index in [0.29, 0.717) is 71.8 Å². The highest BCUT2D eigenvalue weighted by molar-refractivity contribution is 8.26. The number of aromatic nitrogens is 1. The van der Waals surface area contributed by atoms with Crippen LogP contribution in [0.4, 0.5) is 5.82 Å². The second-order valence-corrected chi connectivity index (χ2v) is 11.8. The number of thiocarbonyl (C=S) groups is 1. The number of anilines is 1. The van der Waals surface area contributed by atoms with Crippen LogP contribution in [0.5, 0.6) is 0 Å². The molecule has 2 aliphatic rings. The van der Waals surface area contributed by atoms with E-state index in [-0.39, 0.29) is 28.9 Å². The van der Waals surface area contributed by atoms with Gasteiger partial charge in [-0.05, 0) is 57.2 Å². The summed E-state index contributed by atoms with van der Waals surface area (Å²) in [6.07, 6.45) is 3.89. The Kier molecular flexibility index (Phi) is 9.48. The number of carbonyl (C=O) groups is 2. The number of rotatable bonds is 8. The lowest BCUT2D eigenvalue weighted by molar-refractivity contribution is -0.148. The van der Waals surface area contributed by atoms with E-state index in [9.17, 15) is 19.6 Å². The van der Waals surface area contributed by atoms with Gasteiger partial charge in [0, 0.05) is 25.2 Å². The van der Waals surface area contributed by atoms with E-state index in [1.165, 1.54) is 11.8 Å². The van der Waals surface area contributed by atoms with E-state index in [2.05, 4.69) is 6.07 Å². The molecule has 10 heteroatoms. The summed E-state index contributed by atoms with van der Waals surface area (Å²) >= 11 is 6.81. The van der Waals surface area contributed by atoms with E-state index in [1.54, 1.807) is 29.4 Å². The number of esters is 1. The van der Waals surface area contributed by atoms with Gasteiger partial charge in [0.1, 0.15) is 21.8 Å². The summed E-state index contributed by atoms with van der Waals surface area (Å²) in [5.41, 5.74) is 2.94. The third-order valence-electron chi connectivity index (χ3n) is 7.24. The van der Waals surface area contributed by atoms with Crippen molar-refractivity contribution in [2.24, 2.45) is 5.92 Å². The second kappa shape index (κ2) is 12.8. The fourth-order valence-corrected chi connectivity index (χ4v) is 6.42. The summed E-state index contributed by atoms with van der Waals surface area (Å²) in [6.45, 7) is 9.61. The number of benzene rings is 1. The first-order valence-electron chi connectivity index (χ1n) is 13.6. The van der Waals surface area contributed by atoms with Crippen molar-refractivity contribution in [2.45, 2.75) is 60.0 Å². The lowest BCUT2D eigenvalue weighted by Gasteiger charge is -2.36. The molecule has 2 aliphatic heterocycles. The van der Waals surface area contributed by atoms with E-state index < -0.39 is 0 Å². The molecular weight excluding hydrogens is 544 g/mol. The number of carbonyl (C=O) groups excluding carboxylic acids is 2. The minimum absolute atomic E-state index is 0.0533. The standard InChI is InChI=1S/C30H34N4O4S2/c1-5-13-33-26(32-14-7-8-22(18-32)29(37)38-6-2)23(20(4)24(16-31)27(33)35)15-25-28(36)34(30(39)40-25)17-21-11-9-19(3)10-12-21/h9-12,15,22H,5-8,13-14,17-18H2,1-4H3. The lowest BCUT2D eigenvalue weighted by atomic mass is 9.96. The molecule has 1 aromatic heterocycles. The normalized spacial score (nSPS) is 18.4. The molecule has 0 saturated carbocycles. The molecular formula is C30H34N4O4S2. The highest BCUT2D eigenvalue weighted by Gasteiger charge is 2.35. The number of ether oxygens (including phenoxy) is 1. The predicted octanol–water partition coefficient (Wildman–Crippen LogP) is 4.93. The zero-order valence-electron chi connectivity index (χ0n) is 23.4. The summed E-state index contributed by atoms with van der Waals surface area (Å²) in [5, 5.41) is 9.91. The van der Waals surface area contributed by atoms with Crippen molar-refractivity contribution < 1.29 is 14.3 Å². The fourth-order valence-electron chi connectivity index (χ4n) is 5.18. The maximum Gasteiger partial charge on any atom is 0.310 e. The molecule has 2 aromatic rings. The van der Waals surface area contributed by atoms with E-state index in [0.717, 1.165) is 17.5 Å². The van der Waals surface area contributed by atoms with Crippen LogP contribution in [-0.2, 0) is 27.4 Å². The first kappa shape index (κ1) is 29.6. The zero-order valence-corrected chi connectivity index (χ0v) is 25.0. The molecule has 1 atom stereocenters. The summed E-state index contributed by atoms with van der Waals surface area (Å²) in [6, 6.07) is 10.1. The average Bonchev–Trinajstić information content (AvgIpc) is 3.20. The van der Waals surface area contributed by atoms with Crippen LogP contribution in [0, 0.1) is 31.1 Å². The molecule has 3 heterocycles. The van der Waals surface area contributed by atoms with Crippen LogP contribution in [0.2, 0.25) is 0 Å². The second-order valence-electron chi connectivity index (χ2n) is 10.1. The van der Waals surface area contributed by atoms with Gasteiger partial charge in [-0.15, -0.1) is 0 Å². The van der Waals surface area contributed by atoms with E-state index >= 15 is 0 Å². The Bertz CT molecular complexity index is 1460. The van der Waals surface area contributed by atoms with Crippen LogP contribution >= 0.6 is 24.0 Å². The number of piperidine rings is 1. The third kappa shape index (κ3) is 6.01. The molecule has 0 spiro atoms. The van der Waals surface area contributed by atoms with Crippen LogP contribution in [0.25, 0.3) is 6.08 Å². The highest BCUT2D eigenvalue weighted by Crippen LogP contribution is 2.37. The highest BCUT2D eigenvalue weighted by atomic mass is 32.2. The molecule has 2 saturated heterocycles. The number of thioether (sulfide) groups is 1. The lowest BCUT2D eigenvalue weighted by Crippen LogP contribution is -2.43. The number of hydrogen-bond donors (Lipinski definition) is 0. The molecule has 1 amide bonds. The molecule has 0 N–H and O–H groups in total. The van der Waals surface area contributed by atoms with Crippen LogP contribution in [0.15, 0.2) is 34.0 Å². The SMILES string of the molecule is CCCn1c(N2CCCC(C(=O)OCC)C2)c(C=C2SC(=S)N(Cc3ccc(C)cc3)C2=O)c(C)c(C#N)c1=O. The van der Waals surface area contributed by atoms with Crippen molar-refractivity contribution in [1.29, 1.82) is 5.26 Å².